The number of carbonyl (C=O) groups is 1. The monoisotopic (exact) mass is 274 g/mol. The molecule has 20 heavy (non-hydrogen) atoms. The predicted molar refractivity (Wildman–Crippen MR) is 83.9 cm³/mol. The summed E-state index contributed by atoms with van der Waals surface area (Å²) in [6.45, 7) is 2.46. The molecule has 0 saturated heterocycles. The Morgan fingerprint density at radius 2 is 1.65 bits per heavy atom. The van der Waals surface area contributed by atoms with Crippen LogP contribution in [-0.4, -0.2) is 18.5 Å². The van der Waals surface area contributed by atoms with Crippen molar-refractivity contribution in [2.75, 3.05) is 11.9 Å². The van der Waals surface area contributed by atoms with E-state index in [0.29, 0.717) is 12.6 Å². The molecule has 0 radical (unpaired) electrons. The summed E-state index contributed by atoms with van der Waals surface area (Å²) in [5.41, 5.74) is 2.08. The van der Waals surface area contributed by atoms with Crippen LogP contribution in [0.15, 0.2) is 24.3 Å². The van der Waals surface area contributed by atoms with Gasteiger partial charge in [0.05, 0.1) is 6.54 Å². The Morgan fingerprint density at radius 3 is 2.30 bits per heavy atom. The molecule has 1 aromatic carbocycles. The molecule has 0 bridgehead atoms. The lowest BCUT2D eigenvalue weighted by molar-refractivity contribution is -0.115. The van der Waals surface area contributed by atoms with Crippen LogP contribution >= 0.6 is 0 Å². The molecule has 0 heterocycles. The highest BCUT2D eigenvalue weighted by atomic mass is 16.1. The fourth-order valence-electron chi connectivity index (χ4n) is 2.74. The lowest BCUT2D eigenvalue weighted by Gasteiger charge is -2.20. The summed E-state index contributed by atoms with van der Waals surface area (Å²) in [7, 11) is 0. The average molecular weight is 274 g/mol. The van der Waals surface area contributed by atoms with Gasteiger partial charge < -0.3 is 10.6 Å². The van der Waals surface area contributed by atoms with Crippen molar-refractivity contribution in [3.05, 3.63) is 29.8 Å². The first kappa shape index (κ1) is 15.0. The second-order valence-electron chi connectivity index (χ2n) is 5.84. The number of hydrogen-bond acceptors (Lipinski definition) is 2. The van der Waals surface area contributed by atoms with E-state index < -0.39 is 0 Å². The minimum Gasteiger partial charge on any atom is -0.325 e. The summed E-state index contributed by atoms with van der Waals surface area (Å²) in [6.07, 6.45) is 9.05. The summed E-state index contributed by atoms with van der Waals surface area (Å²) in [5, 5.41) is 6.34. The van der Waals surface area contributed by atoms with Gasteiger partial charge in [-0.25, -0.2) is 0 Å². The van der Waals surface area contributed by atoms with Crippen molar-refractivity contribution >= 4 is 11.6 Å². The van der Waals surface area contributed by atoms with Crippen LogP contribution in [0.4, 0.5) is 5.69 Å². The van der Waals surface area contributed by atoms with Crippen molar-refractivity contribution in [1.82, 2.24) is 5.32 Å². The van der Waals surface area contributed by atoms with E-state index in [0.717, 1.165) is 5.69 Å². The fourth-order valence-corrected chi connectivity index (χ4v) is 2.74. The highest BCUT2D eigenvalue weighted by molar-refractivity contribution is 5.92. The molecule has 0 spiro atoms. The van der Waals surface area contributed by atoms with Crippen LogP contribution in [0.1, 0.15) is 50.5 Å². The van der Waals surface area contributed by atoms with E-state index >= 15 is 0 Å². The molecular formula is C17H26N2O. The molecule has 0 unspecified atom stereocenters. The number of anilines is 1. The number of nitrogens with one attached hydrogen (secondary N) is 2. The number of benzene rings is 1. The van der Waals surface area contributed by atoms with Crippen molar-refractivity contribution in [2.45, 2.75) is 57.9 Å². The summed E-state index contributed by atoms with van der Waals surface area (Å²) < 4.78 is 0. The zero-order valence-electron chi connectivity index (χ0n) is 12.5. The first-order valence-corrected chi connectivity index (χ1v) is 7.84. The van der Waals surface area contributed by atoms with E-state index in [2.05, 4.69) is 10.6 Å². The van der Waals surface area contributed by atoms with Gasteiger partial charge in [-0.3, -0.25) is 4.79 Å². The Hall–Kier alpha value is -1.35. The third kappa shape index (κ3) is 5.33. The third-order valence-corrected chi connectivity index (χ3v) is 3.99. The van der Waals surface area contributed by atoms with Gasteiger partial charge in [-0.1, -0.05) is 49.8 Å². The first-order chi connectivity index (χ1) is 9.74. The van der Waals surface area contributed by atoms with Gasteiger partial charge in [0.2, 0.25) is 5.91 Å². The van der Waals surface area contributed by atoms with Crippen molar-refractivity contribution in [2.24, 2.45) is 0 Å². The zero-order chi connectivity index (χ0) is 14.2. The number of carbonyl (C=O) groups excluding carboxylic acids is 1. The molecule has 1 aromatic rings. The molecule has 3 nitrogen and oxygen atoms in total. The molecule has 0 aliphatic heterocycles. The van der Waals surface area contributed by atoms with Gasteiger partial charge in [0.25, 0.3) is 0 Å². The highest BCUT2D eigenvalue weighted by Gasteiger charge is 2.12. The number of amides is 1. The number of rotatable bonds is 4. The van der Waals surface area contributed by atoms with Crippen LogP contribution in [0, 0.1) is 6.92 Å². The molecule has 2 N–H and O–H groups in total. The van der Waals surface area contributed by atoms with Gasteiger partial charge in [-0.2, -0.15) is 0 Å². The summed E-state index contributed by atoms with van der Waals surface area (Å²) in [6, 6.07) is 8.43. The standard InChI is InChI=1S/C17H26N2O/c1-14-9-11-16(12-10-14)19-17(20)13-18-15-7-5-3-2-4-6-8-15/h9-12,15,18H,2-8,13H2,1H3,(H,19,20). The largest absolute Gasteiger partial charge is 0.325 e. The summed E-state index contributed by atoms with van der Waals surface area (Å²) in [4.78, 5) is 11.9. The highest BCUT2D eigenvalue weighted by Crippen LogP contribution is 2.17. The molecule has 1 fully saturated rings. The Balaban J connectivity index is 1.72. The smallest absolute Gasteiger partial charge is 0.238 e. The maximum absolute atomic E-state index is 11.9. The average Bonchev–Trinajstić information content (AvgIpc) is 2.40. The second-order valence-corrected chi connectivity index (χ2v) is 5.84. The van der Waals surface area contributed by atoms with Crippen molar-refractivity contribution in [3.63, 3.8) is 0 Å². The van der Waals surface area contributed by atoms with E-state index in [9.17, 15) is 4.79 Å². The minimum absolute atomic E-state index is 0.0518. The molecule has 1 saturated carbocycles. The van der Waals surface area contributed by atoms with Crippen LogP contribution in [0.5, 0.6) is 0 Å². The lowest BCUT2D eigenvalue weighted by atomic mass is 9.97. The summed E-state index contributed by atoms with van der Waals surface area (Å²) >= 11 is 0. The molecule has 2 rings (SSSR count). The van der Waals surface area contributed by atoms with E-state index in [1.54, 1.807) is 0 Å². The van der Waals surface area contributed by atoms with Gasteiger partial charge >= 0.3 is 0 Å². The van der Waals surface area contributed by atoms with Gasteiger partial charge in [0, 0.05) is 11.7 Å². The van der Waals surface area contributed by atoms with E-state index in [1.807, 2.05) is 31.2 Å². The number of aryl methyl sites for hydroxylation is 1. The number of hydrogen-bond donors (Lipinski definition) is 2. The van der Waals surface area contributed by atoms with E-state index in [1.165, 1.54) is 50.5 Å². The van der Waals surface area contributed by atoms with Gasteiger partial charge in [0.1, 0.15) is 0 Å². The normalized spacial score (nSPS) is 17.2. The van der Waals surface area contributed by atoms with Crippen molar-refractivity contribution in [3.8, 4) is 0 Å². The van der Waals surface area contributed by atoms with Gasteiger partial charge in [0.15, 0.2) is 0 Å². The first-order valence-electron chi connectivity index (χ1n) is 7.84. The fraction of sp³-hybridized carbons (Fsp3) is 0.588. The zero-order valence-corrected chi connectivity index (χ0v) is 12.5. The van der Waals surface area contributed by atoms with Crippen LogP contribution in [0.3, 0.4) is 0 Å². The quantitative estimate of drug-likeness (QED) is 0.880. The van der Waals surface area contributed by atoms with Crippen LogP contribution in [0.2, 0.25) is 0 Å². The maximum atomic E-state index is 11.9. The molecule has 1 aliphatic rings. The molecule has 1 amide bonds. The molecule has 0 aromatic heterocycles. The molecule has 110 valence electrons. The Kier molecular flexibility index (Phi) is 6.06. The SMILES string of the molecule is Cc1ccc(NC(=O)CNC2CCCCCCC2)cc1. The molecule has 3 heteroatoms. The maximum Gasteiger partial charge on any atom is 0.238 e. The topological polar surface area (TPSA) is 41.1 Å². The van der Waals surface area contributed by atoms with E-state index in [4.69, 9.17) is 0 Å². The van der Waals surface area contributed by atoms with Crippen LogP contribution in [-0.2, 0) is 4.79 Å². The van der Waals surface area contributed by atoms with Crippen LogP contribution < -0.4 is 10.6 Å². The predicted octanol–water partition coefficient (Wildman–Crippen LogP) is 3.64. The molecule has 0 atom stereocenters. The Morgan fingerprint density at radius 1 is 1.05 bits per heavy atom. The van der Waals surface area contributed by atoms with Crippen molar-refractivity contribution in [1.29, 1.82) is 0 Å². The lowest BCUT2D eigenvalue weighted by Crippen LogP contribution is -2.36. The van der Waals surface area contributed by atoms with Gasteiger partial charge in [-0.05, 0) is 31.9 Å². The Labute approximate surface area is 122 Å². The van der Waals surface area contributed by atoms with Crippen molar-refractivity contribution < 1.29 is 4.79 Å². The molecular weight excluding hydrogens is 248 g/mol. The van der Waals surface area contributed by atoms with Gasteiger partial charge in [-0.15, -0.1) is 0 Å². The second kappa shape index (κ2) is 8.05. The Bertz CT molecular complexity index is 406. The third-order valence-electron chi connectivity index (χ3n) is 3.99. The molecule has 1 aliphatic carbocycles. The van der Waals surface area contributed by atoms with Crippen LogP contribution in [0.25, 0.3) is 0 Å². The summed E-state index contributed by atoms with van der Waals surface area (Å²) in [5.74, 6) is 0.0518. The van der Waals surface area contributed by atoms with E-state index in [-0.39, 0.29) is 5.91 Å². The minimum atomic E-state index is 0.0518.